The van der Waals surface area contributed by atoms with Crippen LogP contribution >= 0.6 is 0 Å². The monoisotopic (exact) mass is 420 g/mol. The lowest BCUT2D eigenvalue weighted by molar-refractivity contribution is 0.204. The maximum absolute atomic E-state index is 13.3. The highest BCUT2D eigenvalue weighted by atomic mass is 19.1. The number of carbonyl (C=O) groups is 1. The number of nitrogens with zero attached hydrogens (tertiary/aromatic N) is 3. The minimum absolute atomic E-state index is 0.140. The van der Waals surface area contributed by atoms with Crippen LogP contribution in [0.3, 0.4) is 0 Å². The normalized spacial score (nSPS) is 16.6. The SMILES string of the molecule is CCCCN1C(=O)NC(c2ccc(C)cc2)C(c2nc(-c3ccc(F)cc3)no2)=C1C. The molecule has 0 saturated carbocycles. The summed E-state index contributed by atoms with van der Waals surface area (Å²) in [6.07, 6.45) is 1.86. The van der Waals surface area contributed by atoms with E-state index < -0.39 is 6.04 Å². The Morgan fingerprint density at radius 2 is 1.81 bits per heavy atom. The molecule has 2 aromatic carbocycles. The summed E-state index contributed by atoms with van der Waals surface area (Å²) >= 11 is 0. The average molecular weight is 420 g/mol. The van der Waals surface area contributed by atoms with E-state index in [2.05, 4.69) is 22.4 Å². The Bertz CT molecular complexity index is 1100. The van der Waals surface area contributed by atoms with Crippen LogP contribution in [0.15, 0.2) is 58.8 Å². The van der Waals surface area contributed by atoms with Crippen LogP contribution in [0.2, 0.25) is 0 Å². The number of unbranched alkanes of at least 4 members (excludes halogenated alkanes) is 1. The summed E-state index contributed by atoms with van der Waals surface area (Å²) in [6.45, 7) is 6.62. The molecular weight excluding hydrogens is 395 g/mol. The summed E-state index contributed by atoms with van der Waals surface area (Å²) in [7, 11) is 0. The van der Waals surface area contributed by atoms with Crippen LogP contribution in [0.25, 0.3) is 17.0 Å². The molecule has 7 heteroatoms. The lowest BCUT2D eigenvalue weighted by Gasteiger charge is -2.35. The van der Waals surface area contributed by atoms with Gasteiger partial charge in [-0.1, -0.05) is 48.3 Å². The Balaban J connectivity index is 1.78. The van der Waals surface area contributed by atoms with Gasteiger partial charge in [0.05, 0.1) is 11.6 Å². The Morgan fingerprint density at radius 1 is 1.10 bits per heavy atom. The summed E-state index contributed by atoms with van der Waals surface area (Å²) in [5.74, 6) is 0.380. The van der Waals surface area contributed by atoms with Gasteiger partial charge in [-0.3, -0.25) is 4.90 Å². The molecule has 1 atom stereocenters. The molecule has 6 nitrogen and oxygen atoms in total. The Kier molecular flexibility index (Phi) is 5.84. The first-order chi connectivity index (χ1) is 15.0. The van der Waals surface area contributed by atoms with E-state index in [0.29, 0.717) is 23.8 Å². The van der Waals surface area contributed by atoms with Crippen LogP contribution in [0, 0.1) is 12.7 Å². The van der Waals surface area contributed by atoms with Crippen molar-refractivity contribution in [3.05, 3.63) is 77.1 Å². The van der Waals surface area contributed by atoms with Crippen LogP contribution in [-0.4, -0.2) is 27.6 Å². The second-order valence-corrected chi connectivity index (χ2v) is 7.73. The molecule has 2 heterocycles. The van der Waals surface area contributed by atoms with E-state index in [1.165, 1.54) is 12.1 Å². The highest BCUT2D eigenvalue weighted by Gasteiger charge is 2.35. The van der Waals surface area contributed by atoms with Crippen molar-refractivity contribution in [1.82, 2.24) is 20.4 Å². The number of amides is 2. The molecule has 1 unspecified atom stereocenters. The molecule has 4 rings (SSSR count). The summed E-state index contributed by atoms with van der Waals surface area (Å²) in [6, 6.07) is 13.4. The van der Waals surface area contributed by atoms with Gasteiger partial charge in [0.1, 0.15) is 5.82 Å². The average Bonchev–Trinajstić information content (AvgIpc) is 3.24. The maximum Gasteiger partial charge on any atom is 0.322 e. The van der Waals surface area contributed by atoms with Crippen LogP contribution in [0.4, 0.5) is 9.18 Å². The number of allylic oxidation sites excluding steroid dienone is 1. The predicted octanol–water partition coefficient (Wildman–Crippen LogP) is 5.48. The number of hydrogen-bond donors (Lipinski definition) is 1. The molecule has 0 spiro atoms. The van der Waals surface area contributed by atoms with Crippen LogP contribution in [-0.2, 0) is 0 Å². The second-order valence-electron chi connectivity index (χ2n) is 7.73. The number of urea groups is 1. The third-order valence-electron chi connectivity index (χ3n) is 5.50. The first kappa shape index (κ1) is 20.8. The van der Waals surface area contributed by atoms with Gasteiger partial charge in [0, 0.05) is 17.8 Å². The molecule has 0 aliphatic carbocycles. The van der Waals surface area contributed by atoms with Gasteiger partial charge >= 0.3 is 6.03 Å². The molecule has 160 valence electrons. The Morgan fingerprint density at radius 3 is 2.48 bits per heavy atom. The molecule has 1 aliphatic rings. The highest BCUT2D eigenvalue weighted by molar-refractivity contribution is 5.86. The summed E-state index contributed by atoms with van der Waals surface area (Å²) < 4.78 is 18.9. The fraction of sp³-hybridized carbons (Fsp3) is 0.292. The van der Waals surface area contributed by atoms with Crippen molar-refractivity contribution < 1.29 is 13.7 Å². The zero-order chi connectivity index (χ0) is 22.0. The van der Waals surface area contributed by atoms with Gasteiger partial charge in [0.25, 0.3) is 5.89 Å². The molecule has 0 radical (unpaired) electrons. The number of aromatic nitrogens is 2. The zero-order valence-corrected chi connectivity index (χ0v) is 17.9. The lowest BCUT2D eigenvalue weighted by atomic mass is 9.94. The smallest absolute Gasteiger partial charge is 0.322 e. The van der Waals surface area contributed by atoms with E-state index in [-0.39, 0.29) is 11.8 Å². The molecule has 0 saturated heterocycles. The molecule has 1 N–H and O–H groups in total. The van der Waals surface area contributed by atoms with Gasteiger partial charge in [-0.25, -0.2) is 9.18 Å². The van der Waals surface area contributed by atoms with Gasteiger partial charge in [0.2, 0.25) is 5.82 Å². The minimum Gasteiger partial charge on any atom is -0.334 e. The Hall–Kier alpha value is -3.48. The van der Waals surface area contributed by atoms with Crippen molar-refractivity contribution in [1.29, 1.82) is 0 Å². The van der Waals surface area contributed by atoms with Gasteiger partial charge in [0.15, 0.2) is 0 Å². The van der Waals surface area contributed by atoms with Crippen molar-refractivity contribution >= 4 is 11.6 Å². The highest BCUT2D eigenvalue weighted by Crippen LogP contribution is 2.37. The Labute approximate surface area is 180 Å². The topological polar surface area (TPSA) is 71.3 Å². The first-order valence-corrected chi connectivity index (χ1v) is 10.4. The van der Waals surface area contributed by atoms with Crippen molar-refractivity contribution in [2.45, 2.75) is 39.7 Å². The molecule has 31 heavy (non-hydrogen) atoms. The molecule has 1 aliphatic heterocycles. The van der Waals surface area contributed by atoms with Gasteiger partial charge in [-0.2, -0.15) is 4.98 Å². The van der Waals surface area contributed by atoms with E-state index in [9.17, 15) is 9.18 Å². The summed E-state index contributed by atoms with van der Waals surface area (Å²) in [5.41, 5.74) is 4.28. The van der Waals surface area contributed by atoms with Crippen LogP contribution in [0.5, 0.6) is 0 Å². The zero-order valence-electron chi connectivity index (χ0n) is 17.9. The maximum atomic E-state index is 13.3. The van der Waals surface area contributed by atoms with E-state index in [4.69, 9.17) is 4.52 Å². The number of carbonyl (C=O) groups excluding carboxylic acids is 1. The lowest BCUT2D eigenvalue weighted by Crippen LogP contribution is -2.46. The number of halogens is 1. The van der Waals surface area contributed by atoms with E-state index >= 15 is 0 Å². The summed E-state index contributed by atoms with van der Waals surface area (Å²) in [5, 5.41) is 7.20. The van der Waals surface area contributed by atoms with E-state index in [1.54, 1.807) is 17.0 Å². The number of hydrogen-bond acceptors (Lipinski definition) is 4. The van der Waals surface area contributed by atoms with Gasteiger partial charge < -0.3 is 9.84 Å². The number of benzene rings is 2. The predicted molar refractivity (Wildman–Crippen MR) is 116 cm³/mol. The quantitative estimate of drug-likeness (QED) is 0.573. The fourth-order valence-electron chi connectivity index (χ4n) is 3.70. The van der Waals surface area contributed by atoms with Crippen molar-refractivity contribution in [2.24, 2.45) is 0 Å². The second kappa shape index (κ2) is 8.71. The molecule has 0 fully saturated rings. The third kappa shape index (κ3) is 4.21. The first-order valence-electron chi connectivity index (χ1n) is 10.4. The minimum atomic E-state index is -0.410. The fourth-order valence-corrected chi connectivity index (χ4v) is 3.70. The molecular formula is C24H25FN4O2. The van der Waals surface area contributed by atoms with E-state index in [1.807, 2.05) is 38.1 Å². The molecule has 2 amide bonds. The van der Waals surface area contributed by atoms with Crippen LogP contribution in [0.1, 0.15) is 49.7 Å². The molecule has 0 bridgehead atoms. The largest absolute Gasteiger partial charge is 0.334 e. The third-order valence-corrected chi connectivity index (χ3v) is 5.50. The van der Waals surface area contributed by atoms with Crippen molar-refractivity contribution in [3.63, 3.8) is 0 Å². The number of nitrogens with one attached hydrogen (secondary N) is 1. The van der Waals surface area contributed by atoms with Crippen molar-refractivity contribution in [2.75, 3.05) is 6.54 Å². The standard InChI is InChI=1S/C24H25FN4O2/c1-4-5-14-29-16(3)20(21(26-24(29)30)17-8-6-15(2)7-9-17)23-27-22(28-31-23)18-10-12-19(25)13-11-18/h6-13,21H,4-5,14H2,1-3H3,(H,26,30). The summed E-state index contributed by atoms with van der Waals surface area (Å²) in [4.78, 5) is 19.2. The van der Waals surface area contributed by atoms with Crippen LogP contribution < -0.4 is 5.32 Å². The molecule has 3 aromatic rings. The number of aryl methyl sites for hydroxylation is 1. The van der Waals surface area contributed by atoms with Crippen molar-refractivity contribution in [3.8, 4) is 11.4 Å². The number of rotatable bonds is 6. The van der Waals surface area contributed by atoms with E-state index in [0.717, 1.165) is 35.2 Å². The molecule has 1 aromatic heterocycles. The van der Waals surface area contributed by atoms with Gasteiger partial charge in [-0.05, 0) is 50.1 Å². The van der Waals surface area contributed by atoms with Gasteiger partial charge in [-0.15, -0.1) is 0 Å².